The Balaban J connectivity index is 1.92. The van der Waals surface area contributed by atoms with E-state index in [0.29, 0.717) is 18.9 Å². The molecule has 0 fully saturated rings. The first-order valence-electron chi connectivity index (χ1n) is 6.00. The largest absolute Gasteiger partial charge is 0.497 e. The molecule has 0 atom stereocenters. The lowest BCUT2D eigenvalue weighted by molar-refractivity contribution is 0.415. The molecule has 6 heteroatoms. The highest BCUT2D eigenvalue weighted by Crippen LogP contribution is 2.23. The van der Waals surface area contributed by atoms with Crippen LogP contribution in [0, 0.1) is 0 Å². The van der Waals surface area contributed by atoms with E-state index in [-0.39, 0.29) is 5.69 Å². The van der Waals surface area contributed by atoms with Crippen LogP contribution in [0.25, 0.3) is 0 Å². The molecule has 3 N–H and O–H groups in total. The Morgan fingerprint density at radius 1 is 1.26 bits per heavy atom. The number of nitrogens with zero attached hydrogens (tertiary/aromatic N) is 1. The van der Waals surface area contributed by atoms with Crippen molar-refractivity contribution in [2.75, 3.05) is 12.4 Å². The Labute approximate surface area is 109 Å². The SMILES string of the molecule is COc1ccc(Nc2nc(=O)[nH]c3c2CNC3)cc1. The number of hydrogen-bond acceptors (Lipinski definition) is 5. The number of H-pyrrole nitrogens is 1. The number of benzene rings is 1. The molecule has 1 aliphatic rings. The van der Waals surface area contributed by atoms with Gasteiger partial charge in [0.2, 0.25) is 0 Å². The third-order valence-corrected chi connectivity index (χ3v) is 3.08. The highest BCUT2D eigenvalue weighted by atomic mass is 16.5. The van der Waals surface area contributed by atoms with Crippen LogP contribution in [0.4, 0.5) is 11.5 Å². The van der Waals surface area contributed by atoms with Gasteiger partial charge in [0.15, 0.2) is 0 Å². The normalized spacial score (nSPS) is 13.1. The highest BCUT2D eigenvalue weighted by Gasteiger charge is 2.17. The Bertz CT molecular complexity index is 649. The van der Waals surface area contributed by atoms with Gasteiger partial charge in [-0.05, 0) is 24.3 Å². The van der Waals surface area contributed by atoms with E-state index in [1.54, 1.807) is 7.11 Å². The lowest BCUT2D eigenvalue weighted by Crippen LogP contribution is -2.16. The van der Waals surface area contributed by atoms with Gasteiger partial charge in [-0.15, -0.1) is 0 Å². The molecule has 0 aliphatic carbocycles. The van der Waals surface area contributed by atoms with E-state index >= 15 is 0 Å². The lowest BCUT2D eigenvalue weighted by Gasteiger charge is -2.09. The second kappa shape index (κ2) is 4.74. The third-order valence-electron chi connectivity index (χ3n) is 3.08. The Morgan fingerprint density at radius 3 is 2.79 bits per heavy atom. The van der Waals surface area contributed by atoms with Crippen molar-refractivity contribution < 1.29 is 4.74 Å². The Morgan fingerprint density at radius 2 is 2.05 bits per heavy atom. The van der Waals surface area contributed by atoms with Gasteiger partial charge in [-0.25, -0.2) is 4.79 Å². The van der Waals surface area contributed by atoms with Crippen LogP contribution in [-0.2, 0) is 13.1 Å². The average Bonchev–Trinajstić information content (AvgIpc) is 2.88. The second-order valence-electron chi connectivity index (χ2n) is 4.30. The fourth-order valence-corrected chi connectivity index (χ4v) is 2.11. The van der Waals surface area contributed by atoms with Crippen molar-refractivity contribution >= 4 is 11.5 Å². The van der Waals surface area contributed by atoms with Gasteiger partial charge < -0.3 is 20.4 Å². The summed E-state index contributed by atoms with van der Waals surface area (Å²) in [6, 6.07) is 7.48. The molecule has 6 nitrogen and oxygen atoms in total. The summed E-state index contributed by atoms with van der Waals surface area (Å²) in [7, 11) is 1.62. The molecule has 0 radical (unpaired) electrons. The number of ether oxygens (including phenoxy) is 1. The molecule has 0 saturated heterocycles. The molecular formula is C13H14N4O2. The van der Waals surface area contributed by atoms with Gasteiger partial charge in [0, 0.05) is 30.0 Å². The maximum absolute atomic E-state index is 11.5. The summed E-state index contributed by atoms with van der Waals surface area (Å²) in [5, 5.41) is 6.36. The monoisotopic (exact) mass is 258 g/mol. The first-order valence-corrected chi connectivity index (χ1v) is 6.00. The second-order valence-corrected chi connectivity index (χ2v) is 4.30. The van der Waals surface area contributed by atoms with Crippen molar-refractivity contribution in [2.24, 2.45) is 0 Å². The Hall–Kier alpha value is -2.34. The van der Waals surface area contributed by atoms with Crippen molar-refractivity contribution in [2.45, 2.75) is 13.1 Å². The number of anilines is 2. The number of aromatic nitrogens is 2. The van der Waals surface area contributed by atoms with Crippen LogP contribution in [0.15, 0.2) is 29.1 Å². The first-order chi connectivity index (χ1) is 9.26. The predicted molar refractivity (Wildman–Crippen MR) is 71.7 cm³/mol. The topological polar surface area (TPSA) is 79.0 Å². The summed E-state index contributed by atoms with van der Waals surface area (Å²) >= 11 is 0. The number of rotatable bonds is 3. The van der Waals surface area contributed by atoms with E-state index in [1.807, 2.05) is 24.3 Å². The van der Waals surface area contributed by atoms with Crippen molar-refractivity contribution in [1.82, 2.24) is 15.3 Å². The molecule has 2 aromatic rings. The van der Waals surface area contributed by atoms with Gasteiger partial charge in [-0.1, -0.05) is 0 Å². The molecule has 1 aliphatic heterocycles. The van der Waals surface area contributed by atoms with Gasteiger partial charge in [0.1, 0.15) is 11.6 Å². The lowest BCUT2D eigenvalue weighted by atomic mass is 10.2. The predicted octanol–water partition coefficient (Wildman–Crippen LogP) is 1.13. The van der Waals surface area contributed by atoms with Crippen molar-refractivity contribution in [1.29, 1.82) is 0 Å². The fraction of sp³-hybridized carbons (Fsp3) is 0.231. The summed E-state index contributed by atoms with van der Waals surface area (Å²) in [5.41, 5.74) is 2.44. The van der Waals surface area contributed by atoms with E-state index in [2.05, 4.69) is 20.6 Å². The fourth-order valence-electron chi connectivity index (χ4n) is 2.11. The van der Waals surface area contributed by atoms with E-state index in [4.69, 9.17) is 4.74 Å². The zero-order chi connectivity index (χ0) is 13.2. The summed E-state index contributed by atoms with van der Waals surface area (Å²) in [5.74, 6) is 1.39. The average molecular weight is 258 g/mol. The molecule has 0 amide bonds. The highest BCUT2D eigenvalue weighted by molar-refractivity contribution is 5.61. The minimum Gasteiger partial charge on any atom is -0.497 e. The van der Waals surface area contributed by atoms with Crippen LogP contribution in [0.3, 0.4) is 0 Å². The molecule has 98 valence electrons. The maximum Gasteiger partial charge on any atom is 0.347 e. The molecule has 1 aromatic carbocycles. The number of aromatic amines is 1. The first kappa shape index (κ1) is 11.7. The van der Waals surface area contributed by atoms with Gasteiger partial charge in [-0.3, -0.25) is 0 Å². The van der Waals surface area contributed by atoms with Gasteiger partial charge in [0.25, 0.3) is 0 Å². The molecule has 1 aromatic heterocycles. The number of hydrogen-bond donors (Lipinski definition) is 3. The van der Waals surface area contributed by atoms with E-state index in [9.17, 15) is 4.79 Å². The molecule has 2 heterocycles. The minimum atomic E-state index is -0.335. The van der Waals surface area contributed by atoms with Crippen LogP contribution >= 0.6 is 0 Å². The maximum atomic E-state index is 11.5. The number of nitrogens with one attached hydrogen (secondary N) is 3. The Kier molecular flexibility index (Phi) is 2.92. The van der Waals surface area contributed by atoms with Gasteiger partial charge in [0.05, 0.1) is 7.11 Å². The van der Waals surface area contributed by atoms with Crippen molar-refractivity contribution in [3.05, 3.63) is 46.0 Å². The smallest absolute Gasteiger partial charge is 0.347 e. The summed E-state index contributed by atoms with van der Waals surface area (Å²) < 4.78 is 5.10. The van der Waals surface area contributed by atoms with Crippen LogP contribution in [-0.4, -0.2) is 17.1 Å². The molecular weight excluding hydrogens is 244 g/mol. The summed E-state index contributed by atoms with van der Waals surface area (Å²) in [6.07, 6.45) is 0. The van der Waals surface area contributed by atoms with Crippen LogP contribution in [0.5, 0.6) is 5.75 Å². The van der Waals surface area contributed by atoms with Crippen LogP contribution in [0.1, 0.15) is 11.3 Å². The molecule has 0 unspecified atom stereocenters. The van der Waals surface area contributed by atoms with Crippen LogP contribution in [0.2, 0.25) is 0 Å². The molecule has 0 spiro atoms. The summed E-state index contributed by atoms with van der Waals surface area (Å²) in [4.78, 5) is 18.2. The zero-order valence-corrected chi connectivity index (χ0v) is 10.5. The molecule has 0 saturated carbocycles. The van der Waals surface area contributed by atoms with Gasteiger partial charge >= 0.3 is 5.69 Å². The zero-order valence-electron chi connectivity index (χ0n) is 10.5. The number of fused-ring (bicyclic) bond motifs is 1. The summed E-state index contributed by atoms with van der Waals surface area (Å²) in [6.45, 7) is 1.38. The van der Waals surface area contributed by atoms with E-state index in [0.717, 1.165) is 22.7 Å². The standard InChI is InChI=1S/C13H14N4O2/c1-19-9-4-2-8(3-5-9)15-12-10-6-14-7-11(10)16-13(18)17-12/h2-5,14H,6-7H2,1H3,(H2,15,16,17,18). The third kappa shape index (κ3) is 2.30. The van der Waals surface area contributed by atoms with Crippen molar-refractivity contribution in [3.63, 3.8) is 0 Å². The quantitative estimate of drug-likeness (QED) is 0.769. The van der Waals surface area contributed by atoms with Crippen molar-refractivity contribution in [3.8, 4) is 5.75 Å². The number of methoxy groups -OCH3 is 1. The minimum absolute atomic E-state index is 0.335. The van der Waals surface area contributed by atoms with E-state index in [1.165, 1.54) is 0 Å². The van der Waals surface area contributed by atoms with Crippen LogP contribution < -0.4 is 21.1 Å². The molecule has 19 heavy (non-hydrogen) atoms. The molecule has 0 bridgehead atoms. The molecule has 3 rings (SSSR count). The van der Waals surface area contributed by atoms with E-state index < -0.39 is 0 Å². The van der Waals surface area contributed by atoms with Gasteiger partial charge in [-0.2, -0.15) is 4.98 Å².